The Morgan fingerprint density at radius 1 is 0.953 bits per heavy atom. The monoisotopic (exact) mass is 823 g/mol. The second-order valence-electron chi connectivity index (χ2n) is 8.71. The number of aromatic amines is 1. The zero-order chi connectivity index (χ0) is 29.7. The molecule has 0 aliphatic rings. The van der Waals surface area contributed by atoms with Crippen LogP contribution in [-0.4, -0.2) is 41.7 Å². The van der Waals surface area contributed by atoms with Crippen LogP contribution in [0, 0.1) is 12.7 Å². The molecule has 0 radical (unpaired) electrons. The Hall–Kier alpha value is -1.35. The van der Waals surface area contributed by atoms with Crippen LogP contribution < -0.4 is 153 Å². The Morgan fingerprint density at radius 2 is 1.56 bits per heavy atom. The van der Waals surface area contributed by atoms with Crippen LogP contribution in [0.3, 0.4) is 0 Å². The summed E-state index contributed by atoms with van der Waals surface area (Å²) in [6.07, 6.45) is -2.33. The van der Waals surface area contributed by atoms with Crippen molar-refractivity contribution in [2.45, 2.75) is 13.8 Å². The third-order valence-corrected chi connectivity index (χ3v) is 6.07. The molecule has 0 aliphatic heterocycles. The second kappa shape index (κ2) is 17.4. The maximum Gasteiger partial charge on any atom is 1.00 e. The number of hydrogen-bond donors (Lipinski definition) is 2. The predicted molar refractivity (Wildman–Crippen MR) is 144 cm³/mol. The largest absolute Gasteiger partial charge is 1.00 e. The number of carboxylic acid groups (broad SMARTS) is 2. The maximum atomic E-state index is 13.5. The first kappa shape index (κ1) is 37.8. The number of nitrogens with zero attached hydrogens (tertiary/aromatic N) is 1. The average Bonchev–Trinajstić information content (AvgIpc) is 3.53. The van der Waals surface area contributed by atoms with E-state index >= 15 is 0 Å². The molecule has 0 unspecified atom stereocenters. The van der Waals surface area contributed by atoms with Gasteiger partial charge < -0.3 is 34.5 Å². The van der Waals surface area contributed by atoms with E-state index in [1.54, 1.807) is 33.0 Å². The number of amides is 1. The quantitative estimate of drug-likeness (QED) is 0.181. The van der Waals surface area contributed by atoms with Gasteiger partial charge in [-0.25, -0.2) is 14.2 Å². The fraction of sp³-hybridized carbons (Fsp3) is 0.133. The number of furan rings is 1. The van der Waals surface area contributed by atoms with Gasteiger partial charge >= 0.3 is 144 Å². The smallest absolute Gasteiger partial charge is 0.652 e. The van der Waals surface area contributed by atoms with Crippen molar-refractivity contribution in [3.05, 3.63) is 89.5 Å². The molecule has 43 heavy (non-hydrogen) atoms. The van der Waals surface area contributed by atoms with E-state index in [-0.39, 0.29) is 162 Å². The van der Waals surface area contributed by atoms with Gasteiger partial charge in [-0.05, 0) is 73.6 Å². The van der Waals surface area contributed by atoms with Gasteiger partial charge in [-0.1, -0.05) is 24.3 Å². The summed E-state index contributed by atoms with van der Waals surface area (Å²) in [6, 6.07) is 19.1. The van der Waals surface area contributed by atoms with Crippen molar-refractivity contribution in [3.63, 3.8) is 0 Å². The molecule has 0 bridgehead atoms. The molecule has 5 rings (SSSR count). The van der Waals surface area contributed by atoms with Crippen LogP contribution in [0.1, 0.15) is 33.5 Å². The van der Waals surface area contributed by atoms with E-state index in [1.165, 1.54) is 12.1 Å². The van der Waals surface area contributed by atoms with E-state index in [2.05, 4.69) is 15.3 Å². The Labute approximate surface area is 364 Å². The van der Waals surface area contributed by atoms with Gasteiger partial charge in [0.25, 0.3) is 5.91 Å². The number of nitrogens with one attached hydrogen (secondary N) is 2. The molecule has 10 nitrogen and oxygen atoms in total. The van der Waals surface area contributed by atoms with Crippen LogP contribution in [0.5, 0.6) is 0 Å². The maximum absolute atomic E-state index is 13.5. The predicted octanol–water partition coefficient (Wildman–Crippen LogP) is -2.30. The minimum atomic E-state index is -2.33. The van der Waals surface area contributed by atoms with Gasteiger partial charge in [-0.15, -0.1) is 0 Å². The first-order valence-corrected chi connectivity index (χ1v) is 12.4. The van der Waals surface area contributed by atoms with Crippen LogP contribution in [-0.2, 0) is 4.74 Å². The van der Waals surface area contributed by atoms with E-state index in [0.717, 1.165) is 16.7 Å². The molecule has 5 aromatic rings. The third kappa shape index (κ3) is 9.34. The number of imidazole rings is 1. The van der Waals surface area contributed by atoms with Crippen molar-refractivity contribution < 1.29 is 176 Å². The van der Waals surface area contributed by atoms with Crippen molar-refractivity contribution in [1.82, 2.24) is 15.3 Å². The van der Waals surface area contributed by atoms with E-state index in [4.69, 9.17) is 24.2 Å². The molecule has 13 heteroatoms. The number of hydrogen-bond acceptors (Lipinski definition) is 8. The molecule has 0 spiro atoms. The molecule has 2 aromatic heterocycles. The van der Waals surface area contributed by atoms with Gasteiger partial charge in [0.15, 0.2) is 5.69 Å². The first-order valence-electron chi connectivity index (χ1n) is 12.4. The first-order chi connectivity index (χ1) is 19.6. The summed E-state index contributed by atoms with van der Waals surface area (Å²) in [5.41, 5.74) is 4.94. The summed E-state index contributed by atoms with van der Waals surface area (Å²) in [5.74, 6) is -0.219. The van der Waals surface area contributed by atoms with Gasteiger partial charge in [0.05, 0.1) is 12.2 Å². The molecule has 0 atom stereocenters. The van der Waals surface area contributed by atoms with Crippen molar-refractivity contribution in [2.24, 2.45) is 0 Å². The fourth-order valence-corrected chi connectivity index (χ4v) is 4.27. The molecular formula is C30H24Cs2FN3O7. The minimum Gasteiger partial charge on any atom is -0.652 e. The zero-order valence-corrected chi connectivity index (χ0v) is 36.8. The van der Waals surface area contributed by atoms with E-state index in [0.29, 0.717) is 39.4 Å². The second-order valence-corrected chi connectivity index (χ2v) is 8.71. The number of rotatable bonds is 6. The fourth-order valence-electron chi connectivity index (χ4n) is 4.27. The van der Waals surface area contributed by atoms with Crippen LogP contribution in [0.25, 0.3) is 44.8 Å². The average molecular weight is 823 g/mol. The number of aromatic nitrogens is 2. The minimum absolute atomic E-state index is 0. The van der Waals surface area contributed by atoms with Crippen LogP contribution >= 0.6 is 0 Å². The van der Waals surface area contributed by atoms with Crippen molar-refractivity contribution in [2.75, 3.05) is 13.7 Å². The number of carbonyl (C=O) groups is 3. The molecule has 0 saturated heterocycles. The Balaban J connectivity index is 0.00000101. The molecule has 0 saturated carbocycles. The van der Waals surface area contributed by atoms with Crippen molar-refractivity contribution in [3.8, 4) is 33.8 Å². The van der Waals surface area contributed by atoms with Gasteiger partial charge in [-0.3, -0.25) is 4.79 Å². The summed E-state index contributed by atoms with van der Waals surface area (Å²) >= 11 is 0. The summed E-state index contributed by atoms with van der Waals surface area (Å²) in [5, 5.41) is 20.0. The number of halogens is 1. The molecule has 0 fully saturated rings. The topological polar surface area (TPSA) is 160 Å². The number of fused-ring (bicyclic) bond motifs is 1. The Kier molecular flexibility index (Phi) is 15.3. The summed E-state index contributed by atoms with van der Waals surface area (Å²) in [7, 11) is 1.55. The number of carbonyl (C=O) groups excluding carboxylic acids is 3. The van der Waals surface area contributed by atoms with Gasteiger partial charge in [0, 0.05) is 29.3 Å². The summed E-state index contributed by atoms with van der Waals surface area (Å²) < 4.78 is 24.6. The number of benzene rings is 3. The van der Waals surface area contributed by atoms with E-state index < -0.39 is 12.1 Å². The molecule has 1 amide bonds. The zero-order valence-electron chi connectivity index (χ0n) is 24.2. The molecular weight excluding hydrogens is 799 g/mol. The Bertz CT molecular complexity index is 1750. The number of aryl methyl sites for hydroxylation is 1. The van der Waals surface area contributed by atoms with Crippen LogP contribution in [0.15, 0.2) is 71.1 Å². The molecule has 3 aromatic carbocycles. The van der Waals surface area contributed by atoms with Crippen molar-refractivity contribution in [1.29, 1.82) is 0 Å². The molecule has 2 heterocycles. The van der Waals surface area contributed by atoms with Crippen LogP contribution in [0.4, 0.5) is 9.18 Å². The standard InChI is InChI=1S/C29H24FN3O4.CH2O3.2Cs/c1-4-36-29(35)25-16(2)32-27(33-25)20-7-5-6-18(14-20)19-10-13-23-22(15-19)24(28(34)31-3)26(37-23)17-8-11-21(30)12-9-17;2-1(3)4;;/h5-15H,4H2,1-3H3,(H,31,34)(H,32,33);(H2,2,3,4);;/q;;2*+1/p-2. The number of esters is 1. The van der Waals surface area contributed by atoms with Gasteiger partial charge in [0.1, 0.15) is 23.0 Å². The molecule has 2 N–H and O–H groups in total. The van der Waals surface area contributed by atoms with Crippen LogP contribution in [0.2, 0.25) is 0 Å². The van der Waals surface area contributed by atoms with Gasteiger partial charge in [-0.2, -0.15) is 0 Å². The van der Waals surface area contributed by atoms with Gasteiger partial charge in [0.2, 0.25) is 0 Å². The normalized spacial score (nSPS) is 10.0. The Morgan fingerprint density at radius 3 is 2.19 bits per heavy atom. The number of ether oxygens (including phenoxy) is 1. The molecule has 0 aliphatic carbocycles. The molecule has 210 valence electrons. The third-order valence-electron chi connectivity index (χ3n) is 6.07. The summed E-state index contributed by atoms with van der Waals surface area (Å²) in [4.78, 5) is 41.0. The van der Waals surface area contributed by atoms with E-state index in [9.17, 15) is 14.0 Å². The number of H-pyrrole nitrogens is 1. The summed E-state index contributed by atoms with van der Waals surface area (Å²) in [6.45, 7) is 3.80. The van der Waals surface area contributed by atoms with Crippen molar-refractivity contribution >= 4 is 29.0 Å². The van der Waals surface area contributed by atoms with E-state index in [1.807, 2.05) is 42.5 Å². The SMILES string of the molecule is CCOC(=O)c1nc(-c2cccc(-c3ccc4oc(-c5ccc(F)cc5)c(C(=O)NC)c4c3)c2)[nH]c1C.O=C([O-])[O-].[Cs+].[Cs+].